The topological polar surface area (TPSA) is 209 Å². The predicted octanol–water partition coefficient (Wildman–Crippen LogP) is -2.25. The number of rotatable bonds is 5. The van der Waals surface area contributed by atoms with Gasteiger partial charge in [-0.05, 0) is 25.1 Å². The Hall–Kier alpha value is -3.81. The fourth-order valence-electron chi connectivity index (χ4n) is 2.80. The fraction of sp³-hybridized carbons (Fsp3) is 0.278. The Morgan fingerprint density at radius 1 is 1.03 bits per heavy atom. The molecule has 2 heterocycles. The molecule has 0 aliphatic heterocycles. The third-order valence-electron chi connectivity index (χ3n) is 4.44. The number of nitrogen functional groups attached to an aromatic ring is 2. The molecule has 0 aliphatic rings. The highest BCUT2D eigenvalue weighted by molar-refractivity contribution is 6.06. The SMILES string of the molecule is Cn1c(=O)c2[nH]c(CCCN)nc2n(C)c1=O.NNC(=O)c1ccccc1C(=O)NN. The largest absolute Gasteiger partial charge is 0.336 e. The van der Waals surface area contributed by atoms with Crippen LogP contribution in [0.1, 0.15) is 33.0 Å². The van der Waals surface area contributed by atoms with E-state index >= 15 is 0 Å². The van der Waals surface area contributed by atoms with Gasteiger partial charge in [0.25, 0.3) is 17.4 Å². The number of carbonyl (C=O) groups excluding carboxylic acids is 2. The van der Waals surface area contributed by atoms with Crippen LogP contribution in [-0.2, 0) is 20.5 Å². The maximum atomic E-state index is 11.8. The number of hydrazine groups is 2. The number of benzene rings is 1. The highest BCUT2D eigenvalue weighted by atomic mass is 16.2. The molecule has 0 saturated carbocycles. The zero-order valence-electron chi connectivity index (χ0n) is 17.1. The van der Waals surface area contributed by atoms with Crippen LogP contribution in [0.5, 0.6) is 0 Å². The molecule has 166 valence electrons. The molecule has 0 atom stereocenters. The molecule has 0 fully saturated rings. The summed E-state index contributed by atoms with van der Waals surface area (Å²) in [6, 6.07) is 6.20. The van der Waals surface area contributed by atoms with Crippen molar-refractivity contribution in [1.82, 2.24) is 30.0 Å². The summed E-state index contributed by atoms with van der Waals surface area (Å²) in [5.74, 6) is 9.51. The number of aryl methyl sites for hydroxylation is 2. The van der Waals surface area contributed by atoms with E-state index in [9.17, 15) is 19.2 Å². The quantitative estimate of drug-likeness (QED) is 0.147. The molecule has 0 aliphatic carbocycles. The maximum Gasteiger partial charge on any atom is 0.332 e. The monoisotopic (exact) mass is 431 g/mol. The van der Waals surface area contributed by atoms with Gasteiger partial charge >= 0.3 is 5.69 Å². The van der Waals surface area contributed by atoms with Crippen molar-refractivity contribution in [2.45, 2.75) is 12.8 Å². The van der Waals surface area contributed by atoms with Gasteiger partial charge in [-0.25, -0.2) is 21.5 Å². The van der Waals surface area contributed by atoms with E-state index < -0.39 is 11.8 Å². The Morgan fingerprint density at radius 2 is 1.58 bits per heavy atom. The Balaban J connectivity index is 0.000000225. The van der Waals surface area contributed by atoms with Crippen LogP contribution in [-0.4, -0.2) is 37.5 Å². The molecule has 0 radical (unpaired) electrons. The Labute approximate surface area is 176 Å². The molecule has 2 amide bonds. The van der Waals surface area contributed by atoms with Gasteiger partial charge in [-0.2, -0.15) is 0 Å². The molecule has 0 bridgehead atoms. The first-order valence-electron chi connectivity index (χ1n) is 9.22. The van der Waals surface area contributed by atoms with Crippen molar-refractivity contribution >= 4 is 23.0 Å². The number of hydrogen-bond acceptors (Lipinski definition) is 8. The minimum absolute atomic E-state index is 0.179. The minimum atomic E-state index is -0.538. The van der Waals surface area contributed by atoms with Crippen LogP contribution in [0.25, 0.3) is 11.2 Å². The molecule has 31 heavy (non-hydrogen) atoms. The maximum absolute atomic E-state index is 11.8. The number of fused-ring (bicyclic) bond motifs is 1. The fourth-order valence-corrected chi connectivity index (χ4v) is 2.80. The molecule has 2 aromatic heterocycles. The number of amides is 2. The molecule has 0 unspecified atom stereocenters. The lowest BCUT2D eigenvalue weighted by Gasteiger charge is -2.05. The van der Waals surface area contributed by atoms with Gasteiger partial charge in [-0.3, -0.25) is 34.4 Å². The minimum Gasteiger partial charge on any atom is -0.336 e. The zero-order chi connectivity index (χ0) is 23.1. The number of aromatic nitrogens is 4. The highest BCUT2D eigenvalue weighted by Crippen LogP contribution is 2.08. The van der Waals surface area contributed by atoms with E-state index in [1.807, 2.05) is 10.9 Å². The molecule has 13 nitrogen and oxygen atoms in total. The van der Waals surface area contributed by atoms with Crippen LogP contribution in [0.2, 0.25) is 0 Å². The molecule has 9 N–H and O–H groups in total. The van der Waals surface area contributed by atoms with Gasteiger partial charge in [0.15, 0.2) is 5.65 Å². The number of nitrogens with one attached hydrogen (secondary N) is 3. The summed E-state index contributed by atoms with van der Waals surface area (Å²) in [5, 5.41) is 0. The van der Waals surface area contributed by atoms with Crippen molar-refractivity contribution in [3.63, 3.8) is 0 Å². The molecular formula is C18H25N9O4. The highest BCUT2D eigenvalue weighted by Gasteiger charge is 2.14. The van der Waals surface area contributed by atoms with E-state index in [-0.39, 0.29) is 22.4 Å². The van der Waals surface area contributed by atoms with Crippen LogP contribution in [0.3, 0.4) is 0 Å². The molecule has 0 spiro atoms. The third-order valence-corrected chi connectivity index (χ3v) is 4.44. The summed E-state index contributed by atoms with van der Waals surface area (Å²) in [6.45, 7) is 0.563. The van der Waals surface area contributed by atoms with Gasteiger partial charge in [0.05, 0.1) is 11.1 Å². The molecule has 13 heteroatoms. The van der Waals surface area contributed by atoms with Crippen LogP contribution in [0, 0.1) is 0 Å². The Bertz CT molecular complexity index is 1170. The van der Waals surface area contributed by atoms with Gasteiger partial charge in [0.1, 0.15) is 11.3 Å². The van der Waals surface area contributed by atoms with E-state index in [2.05, 4.69) is 9.97 Å². The first kappa shape index (κ1) is 23.5. The number of H-pyrrole nitrogens is 1. The van der Waals surface area contributed by atoms with E-state index in [4.69, 9.17) is 17.4 Å². The second kappa shape index (κ2) is 10.3. The van der Waals surface area contributed by atoms with E-state index in [1.165, 1.54) is 23.7 Å². The van der Waals surface area contributed by atoms with Crippen LogP contribution < -0.4 is 39.5 Å². The predicted molar refractivity (Wildman–Crippen MR) is 114 cm³/mol. The summed E-state index contributed by atoms with van der Waals surface area (Å²) in [4.78, 5) is 53.1. The summed E-state index contributed by atoms with van der Waals surface area (Å²) in [7, 11) is 3.04. The average molecular weight is 431 g/mol. The van der Waals surface area contributed by atoms with Gasteiger partial charge in [-0.15, -0.1) is 0 Å². The number of hydrogen-bond donors (Lipinski definition) is 6. The third kappa shape index (κ3) is 5.03. The van der Waals surface area contributed by atoms with Gasteiger partial charge in [0, 0.05) is 20.5 Å². The van der Waals surface area contributed by atoms with Crippen molar-refractivity contribution < 1.29 is 9.59 Å². The standard InChI is InChI=1S/C10H15N5O2.C8H10N4O2/c1-14-8-7(9(16)15(2)10(14)17)12-6(13-8)4-3-5-11;9-11-7(13)5-3-1-2-4-6(5)8(14)12-10/h3-5,11H2,1-2H3,(H,12,13);1-4H,9-10H2,(H,11,13)(H,12,14). The van der Waals surface area contributed by atoms with Gasteiger partial charge in [0.2, 0.25) is 0 Å². The number of nitrogens with zero attached hydrogens (tertiary/aromatic N) is 3. The van der Waals surface area contributed by atoms with E-state index in [0.717, 1.165) is 11.0 Å². The summed E-state index contributed by atoms with van der Waals surface area (Å²) in [5.41, 5.74) is 9.68. The smallest absolute Gasteiger partial charge is 0.332 e. The Morgan fingerprint density at radius 3 is 2.06 bits per heavy atom. The van der Waals surface area contributed by atoms with Crippen molar-refractivity contribution in [3.05, 3.63) is 62.1 Å². The lowest BCUT2D eigenvalue weighted by molar-refractivity contribution is 0.0919. The molecule has 3 rings (SSSR count). The molecule has 0 saturated heterocycles. The van der Waals surface area contributed by atoms with Gasteiger partial charge < -0.3 is 10.7 Å². The first-order valence-corrected chi connectivity index (χ1v) is 9.22. The molecular weight excluding hydrogens is 406 g/mol. The summed E-state index contributed by atoms with van der Waals surface area (Å²) in [6.07, 6.45) is 1.45. The number of nitrogens with two attached hydrogens (primary N) is 3. The summed E-state index contributed by atoms with van der Waals surface area (Å²) < 4.78 is 2.42. The number of aromatic amines is 1. The summed E-state index contributed by atoms with van der Waals surface area (Å²) >= 11 is 0. The van der Waals surface area contributed by atoms with Gasteiger partial charge in [-0.1, -0.05) is 12.1 Å². The molecule has 1 aromatic carbocycles. The van der Waals surface area contributed by atoms with Crippen LogP contribution in [0.4, 0.5) is 0 Å². The average Bonchev–Trinajstić information content (AvgIpc) is 3.24. The van der Waals surface area contributed by atoms with E-state index in [1.54, 1.807) is 19.2 Å². The van der Waals surface area contributed by atoms with Crippen molar-refractivity contribution in [2.24, 2.45) is 31.5 Å². The van der Waals surface area contributed by atoms with Crippen LogP contribution in [0.15, 0.2) is 33.9 Å². The second-order valence-electron chi connectivity index (χ2n) is 6.47. The van der Waals surface area contributed by atoms with Crippen molar-refractivity contribution in [1.29, 1.82) is 0 Å². The van der Waals surface area contributed by atoms with E-state index in [0.29, 0.717) is 30.0 Å². The number of carbonyl (C=O) groups is 2. The van der Waals surface area contributed by atoms with Crippen LogP contribution >= 0.6 is 0 Å². The normalized spacial score (nSPS) is 10.4. The van der Waals surface area contributed by atoms with Crippen molar-refractivity contribution in [2.75, 3.05) is 6.54 Å². The lowest BCUT2D eigenvalue weighted by atomic mass is 10.1. The second-order valence-corrected chi connectivity index (χ2v) is 6.47. The zero-order valence-corrected chi connectivity index (χ0v) is 17.1. The first-order chi connectivity index (χ1) is 14.8. The molecule has 3 aromatic rings. The lowest BCUT2D eigenvalue weighted by Crippen LogP contribution is -2.36. The van der Waals surface area contributed by atoms with Crippen molar-refractivity contribution in [3.8, 4) is 0 Å². The number of imidazole rings is 1. The Kier molecular flexibility index (Phi) is 7.79.